The summed E-state index contributed by atoms with van der Waals surface area (Å²) in [6.07, 6.45) is -4.53. The minimum atomic E-state index is -1.86. The Balaban J connectivity index is 1.60. The maximum absolute atomic E-state index is 10.4. The van der Waals surface area contributed by atoms with E-state index in [1.165, 1.54) is 0 Å². The van der Waals surface area contributed by atoms with E-state index in [1.54, 1.807) is 6.92 Å². The van der Waals surface area contributed by atoms with Gasteiger partial charge in [0.15, 0.2) is 12.6 Å². The molecule has 11 atom stereocenters. The van der Waals surface area contributed by atoms with E-state index in [0.29, 0.717) is 6.42 Å². The molecule has 2 aliphatic heterocycles. The maximum Gasteiger partial charge on any atom is 0.187 e. The van der Waals surface area contributed by atoms with E-state index in [0.717, 1.165) is 5.57 Å². The van der Waals surface area contributed by atoms with Crippen molar-refractivity contribution in [1.29, 1.82) is 0 Å². The standard InChI is InChI=1S/C24H40O11/c1-12-7-14(26)8-23(3,4)15(12)6-5-13(2)34-21-19(29)18(28)17(27)16(35-21)9-32-22-20(30)24(31,10-25)11-33-22/h5-7,13-22,25-31H,8-11H2,1-4H3. The van der Waals surface area contributed by atoms with E-state index in [2.05, 4.69) is 13.8 Å². The quantitative estimate of drug-likeness (QED) is 0.193. The highest BCUT2D eigenvalue weighted by Gasteiger charge is 2.50. The third-order valence-corrected chi connectivity index (χ3v) is 7.12. The van der Waals surface area contributed by atoms with Crippen molar-refractivity contribution in [2.24, 2.45) is 11.3 Å². The number of ether oxygens (including phenoxy) is 4. The van der Waals surface area contributed by atoms with E-state index < -0.39 is 67.5 Å². The minimum absolute atomic E-state index is 0.0816. The lowest BCUT2D eigenvalue weighted by molar-refractivity contribution is -0.314. The maximum atomic E-state index is 10.4. The third kappa shape index (κ3) is 6.31. The highest BCUT2D eigenvalue weighted by molar-refractivity contribution is 5.21. The van der Waals surface area contributed by atoms with Gasteiger partial charge in [-0.05, 0) is 25.7 Å². The van der Waals surface area contributed by atoms with Crippen LogP contribution in [0.5, 0.6) is 0 Å². The second kappa shape index (κ2) is 11.2. The van der Waals surface area contributed by atoms with Crippen LogP contribution in [0.1, 0.15) is 34.1 Å². The molecule has 0 aromatic carbocycles. The van der Waals surface area contributed by atoms with E-state index in [9.17, 15) is 35.7 Å². The molecule has 35 heavy (non-hydrogen) atoms. The Bertz CT molecular complexity index is 771. The summed E-state index contributed by atoms with van der Waals surface area (Å²) >= 11 is 0. The van der Waals surface area contributed by atoms with Crippen LogP contribution in [0.15, 0.2) is 23.8 Å². The fraction of sp³-hybridized carbons (Fsp3) is 0.833. The van der Waals surface area contributed by atoms with Crippen molar-refractivity contribution in [2.75, 3.05) is 19.8 Å². The van der Waals surface area contributed by atoms with Crippen molar-refractivity contribution in [2.45, 2.75) is 95.0 Å². The van der Waals surface area contributed by atoms with Crippen molar-refractivity contribution in [3.05, 3.63) is 23.8 Å². The van der Waals surface area contributed by atoms with Gasteiger partial charge in [0.1, 0.15) is 36.1 Å². The van der Waals surface area contributed by atoms with Crippen molar-refractivity contribution in [3.63, 3.8) is 0 Å². The molecule has 11 nitrogen and oxygen atoms in total. The van der Waals surface area contributed by atoms with Gasteiger partial charge >= 0.3 is 0 Å². The predicted octanol–water partition coefficient (Wildman–Crippen LogP) is -1.43. The van der Waals surface area contributed by atoms with Gasteiger partial charge in [-0.15, -0.1) is 0 Å². The molecule has 0 amide bonds. The topological polar surface area (TPSA) is 179 Å². The first-order valence-electron chi connectivity index (χ1n) is 11.9. The minimum Gasteiger partial charge on any atom is -0.393 e. The zero-order valence-electron chi connectivity index (χ0n) is 20.6. The van der Waals surface area contributed by atoms with Crippen LogP contribution in [-0.2, 0) is 18.9 Å². The van der Waals surface area contributed by atoms with Gasteiger partial charge in [0.05, 0.1) is 32.0 Å². The molecule has 11 heteroatoms. The molecule has 1 aliphatic carbocycles. The van der Waals surface area contributed by atoms with Crippen LogP contribution in [0.3, 0.4) is 0 Å². The first kappa shape index (κ1) is 28.6. The Labute approximate surface area is 205 Å². The molecule has 0 aromatic rings. The zero-order valence-corrected chi connectivity index (χ0v) is 20.6. The summed E-state index contributed by atoms with van der Waals surface area (Å²) in [6, 6.07) is 0. The molecule has 7 N–H and O–H groups in total. The summed E-state index contributed by atoms with van der Waals surface area (Å²) in [5.74, 6) is 0.0816. The van der Waals surface area contributed by atoms with Gasteiger partial charge < -0.3 is 54.7 Å². The zero-order chi connectivity index (χ0) is 26.1. The molecular formula is C24H40O11. The van der Waals surface area contributed by atoms with Crippen LogP contribution in [-0.4, -0.2) is 116 Å². The Morgan fingerprint density at radius 2 is 1.80 bits per heavy atom. The molecule has 0 saturated carbocycles. The summed E-state index contributed by atoms with van der Waals surface area (Å²) in [5.41, 5.74) is -0.975. The van der Waals surface area contributed by atoms with Gasteiger partial charge in [-0.1, -0.05) is 37.6 Å². The van der Waals surface area contributed by atoms with Crippen LogP contribution in [0, 0.1) is 11.3 Å². The van der Waals surface area contributed by atoms with Crippen molar-refractivity contribution in [3.8, 4) is 0 Å². The molecule has 0 bridgehead atoms. The Morgan fingerprint density at radius 3 is 2.40 bits per heavy atom. The molecule has 3 aliphatic rings. The largest absolute Gasteiger partial charge is 0.393 e. The highest BCUT2D eigenvalue weighted by Crippen LogP contribution is 2.42. The smallest absolute Gasteiger partial charge is 0.187 e. The molecule has 2 fully saturated rings. The Kier molecular flexibility index (Phi) is 9.15. The normalized spacial score (nSPS) is 45.0. The van der Waals surface area contributed by atoms with Crippen LogP contribution in [0.2, 0.25) is 0 Å². The molecule has 0 aromatic heterocycles. The molecule has 2 heterocycles. The van der Waals surface area contributed by atoms with Crippen molar-refractivity contribution in [1.82, 2.24) is 0 Å². The van der Waals surface area contributed by atoms with Gasteiger partial charge in [-0.25, -0.2) is 0 Å². The van der Waals surface area contributed by atoms with E-state index in [4.69, 9.17) is 18.9 Å². The molecule has 2 saturated heterocycles. The first-order valence-corrected chi connectivity index (χ1v) is 11.9. The molecule has 0 radical (unpaired) electrons. The average molecular weight is 505 g/mol. The molecule has 3 rings (SSSR count). The number of aliphatic hydroxyl groups excluding tert-OH is 6. The van der Waals surface area contributed by atoms with Crippen molar-refractivity contribution < 1.29 is 54.7 Å². The number of rotatable bonds is 8. The molecule has 0 spiro atoms. The lowest BCUT2D eigenvalue weighted by Gasteiger charge is -2.41. The summed E-state index contributed by atoms with van der Waals surface area (Å²) in [5, 5.41) is 70.4. The lowest BCUT2D eigenvalue weighted by Crippen LogP contribution is -2.60. The van der Waals surface area contributed by atoms with Crippen LogP contribution in [0.25, 0.3) is 0 Å². The SMILES string of the molecule is CC1=CC(O)CC(C)(C)C1C=CC(C)OC1OC(COC2OCC(O)(CO)C2O)C(O)C(O)C1O. The Morgan fingerprint density at radius 1 is 1.11 bits per heavy atom. The predicted molar refractivity (Wildman–Crippen MR) is 122 cm³/mol. The van der Waals surface area contributed by atoms with Gasteiger partial charge in [0.25, 0.3) is 0 Å². The fourth-order valence-electron chi connectivity index (χ4n) is 4.98. The third-order valence-electron chi connectivity index (χ3n) is 7.12. The second-order valence-electron chi connectivity index (χ2n) is 10.6. The van der Waals surface area contributed by atoms with Gasteiger partial charge in [-0.3, -0.25) is 0 Å². The van der Waals surface area contributed by atoms with Crippen LogP contribution < -0.4 is 0 Å². The Hall–Kier alpha value is -0.960. The summed E-state index contributed by atoms with van der Waals surface area (Å²) < 4.78 is 22.0. The summed E-state index contributed by atoms with van der Waals surface area (Å²) in [6.45, 7) is 6.46. The molecular weight excluding hydrogens is 464 g/mol. The number of allylic oxidation sites excluding steroid dienone is 2. The van der Waals surface area contributed by atoms with Crippen LogP contribution in [0.4, 0.5) is 0 Å². The monoisotopic (exact) mass is 504 g/mol. The van der Waals surface area contributed by atoms with E-state index >= 15 is 0 Å². The average Bonchev–Trinajstić information content (AvgIpc) is 3.06. The van der Waals surface area contributed by atoms with Gasteiger partial charge in [-0.2, -0.15) is 0 Å². The first-order chi connectivity index (χ1) is 16.3. The van der Waals surface area contributed by atoms with Gasteiger partial charge in [0.2, 0.25) is 0 Å². The lowest BCUT2D eigenvalue weighted by atomic mass is 9.68. The molecule has 202 valence electrons. The highest BCUT2D eigenvalue weighted by atomic mass is 16.7. The van der Waals surface area contributed by atoms with Crippen LogP contribution >= 0.6 is 0 Å². The summed E-state index contributed by atoms with van der Waals surface area (Å²) in [4.78, 5) is 0. The fourth-order valence-corrected chi connectivity index (χ4v) is 4.98. The van der Waals surface area contributed by atoms with Gasteiger partial charge in [0, 0.05) is 5.92 Å². The number of hydrogen-bond acceptors (Lipinski definition) is 11. The number of aliphatic hydroxyl groups is 7. The summed E-state index contributed by atoms with van der Waals surface area (Å²) in [7, 11) is 0. The van der Waals surface area contributed by atoms with E-state index in [-0.39, 0.29) is 24.5 Å². The molecule has 11 unspecified atom stereocenters. The van der Waals surface area contributed by atoms with E-state index in [1.807, 2.05) is 25.2 Å². The van der Waals surface area contributed by atoms with Crippen molar-refractivity contribution >= 4 is 0 Å². The second-order valence-corrected chi connectivity index (χ2v) is 10.6. The number of hydrogen-bond donors (Lipinski definition) is 7.